The number of hydrogen-bond acceptors (Lipinski definition) is 5. The molecule has 0 bridgehead atoms. The van der Waals surface area contributed by atoms with Crippen molar-refractivity contribution in [3.63, 3.8) is 0 Å². The molecule has 0 saturated carbocycles. The van der Waals surface area contributed by atoms with Crippen LogP contribution in [0.15, 0.2) is 61.3 Å². The minimum Gasteiger partial charge on any atom is -0.369 e. The largest absolute Gasteiger partial charge is 0.369 e. The van der Waals surface area contributed by atoms with Gasteiger partial charge >= 0.3 is 0 Å². The van der Waals surface area contributed by atoms with Gasteiger partial charge in [0.2, 0.25) is 5.91 Å². The number of aryl methyl sites for hydroxylation is 1. The number of H-pyrrole nitrogens is 1. The number of aromatic nitrogens is 2. The van der Waals surface area contributed by atoms with Gasteiger partial charge in [0.15, 0.2) is 0 Å². The van der Waals surface area contributed by atoms with Crippen molar-refractivity contribution in [3.8, 4) is 0 Å². The quantitative estimate of drug-likeness (QED) is 0.374. The van der Waals surface area contributed by atoms with E-state index >= 15 is 0 Å². The smallest absolute Gasteiger partial charge is 0.271 e. The monoisotopic (exact) mass is 492 g/mol. The highest BCUT2D eigenvalue weighted by Crippen LogP contribution is 2.25. The maximum Gasteiger partial charge on any atom is 0.271 e. The van der Waals surface area contributed by atoms with E-state index in [0.29, 0.717) is 22.8 Å². The molecule has 4 rings (SSSR count). The fourth-order valence-electron chi connectivity index (χ4n) is 4.00. The second kappa shape index (κ2) is 10.4. The molecule has 0 aliphatic carbocycles. The molecule has 10 heteroatoms. The van der Waals surface area contributed by atoms with Crippen LogP contribution in [0.2, 0.25) is 5.02 Å². The predicted octanol–water partition coefficient (Wildman–Crippen LogP) is 3.76. The van der Waals surface area contributed by atoms with Crippen LogP contribution in [0.5, 0.6) is 0 Å². The molecule has 1 saturated heterocycles. The number of carbonyl (C=O) groups is 3. The van der Waals surface area contributed by atoms with Crippen molar-refractivity contribution in [2.75, 3.05) is 28.6 Å². The number of aromatic amines is 1. The Bertz CT molecular complexity index is 1270. The fraction of sp³-hybridized carbons (Fsp3) is 0.200. The fourth-order valence-corrected chi connectivity index (χ4v) is 4.31. The number of halogens is 1. The Kier molecular flexibility index (Phi) is 7.17. The van der Waals surface area contributed by atoms with Crippen LogP contribution in [0.4, 0.5) is 17.1 Å². The zero-order valence-corrected chi connectivity index (χ0v) is 19.9. The van der Waals surface area contributed by atoms with Gasteiger partial charge in [-0.2, -0.15) is 5.10 Å². The molecular formula is C25H25ClN6O3. The summed E-state index contributed by atoms with van der Waals surface area (Å²) in [6, 6.07) is 12.6. The number of nitrogens with zero attached hydrogens (tertiary/aromatic N) is 2. The Morgan fingerprint density at radius 2 is 1.97 bits per heavy atom. The van der Waals surface area contributed by atoms with Crippen LogP contribution in [-0.2, 0) is 4.79 Å². The van der Waals surface area contributed by atoms with Crippen molar-refractivity contribution in [1.29, 1.82) is 0 Å². The van der Waals surface area contributed by atoms with Gasteiger partial charge in [-0.1, -0.05) is 36.4 Å². The lowest BCUT2D eigenvalue weighted by atomic mass is 10.1. The molecule has 3 aromatic rings. The maximum absolute atomic E-state index is 13.0. The maximum atomic E-state index is 13.0. The van der Waals surface area contributed by atoms with Crippen LogP contribution in [0, 0.1) is 6.92 Å². The first-order valence-corrected chi connectivity index (χ1v) is 11.4. The van der Waals surface area contributed by atoms with Gasteiger partial charge in [0.1, 0.15) is 5.69 Å². The number of anilines is 3. The Balaban J connectivity index is 1.39. The molecule has 2 heterocycles. The van der Waals surface area contributed by atoms with Gasteiger partial charge in [-0.3, -0.25) is 19.5 Å². The summed E-state index contributed by atoms with van der Waals surface area (Å²) < 4.78 is 0. The first-order chi connectivity index (χ1) is 16.9. The first-order valence-electron chi connectivity index (χ1n) is 11.0. The summed E-state index contributed by atoms with van der Waals surface area (Å²) in [6.45, 7) is 6.59. The molecule has 0 unspecified atom stereocenters. The van der Waals surface area contributed by atoms with Crippen molar-refractivity contribution in [2.24, 2.45) is 0 Å². The lowest BCUT2D eigenvalue weighted by Crippen LogP contribution is -2.37. The third-order valence-electron chi connectivity index (χ3n) is 5.75. The Hall–Kier alpha value is -4.11. The van der Waals surface area contributed by atoms with Gasteiger partial charge < -0.3 is 20.9 Å². The van der Waals surface area contributed by atoms with Crippen LogP contribution >= 0.6 is 11.6 Å². The molecule has 3 amide bonds. The van der Waals surface area contributed by atoms with E-state index in [-0.39, 0.29) is 29.2 Å². The second-order valence-electron chi connectivity index (χ2n) is 8.19. The third kappa shape index (κ3) is 5.52. The van der Waals surface area contributed by atoms with E-state index in [9.17, 15) is 14.4 Å². The average molecular weight is 493 g/mol. The molecule has 35 heavy (non-hydrogen) atoms. The topological polar surface area (TPSA) is 119 Å². The molecule has 2 aromatic carbocycles. The van der Waals surface area contributed by atoms with Crippen LogP contribution in [0.25, 0.3) is 0 Å². The number of nitrogens with one attached hydrogen (secondary N) is 4. The third-order valence-corrected chi connectivity index (χ3v) is 6.07. The highest BCUT2D eigenvalue weighted by atomic mass is 35.5. The molecule has 0 spiro atoms. The Morgan fingerprint density at radius 1 is 1.17 bits per heavy atom. The van der Waals surface area contributed by atoms with Crippen molar-refractivity contribution in [3.05, 3.63) is 83.2 Å². The van der Waals surface area contributed by atoms with Crippen LogP contribution in [0.1, 0.15) is 32.8 Å². The second-order valence-corrected chi connectivity index (χ2v) is 8.60. The van der Waals surface area contributed by atoms with Crippen LogP contribution < -0.4 is 20.9 Å². The zero-order chi connectivity index (χ0) is 24.9. The normalized spacial score (nSPS) is 14.9. The Morgan fingerprint density at radius 3 is 2.74 bits per heavy atom. The number of amides is 3. The molecule has 1 aromatic heterocycles. The number of rotatable bonds is 7. The van der Waals surface area contributed by atoms with Gasteiger partial charge in [0.05, 0.1) is 22.5 Å². The summed E-state index contributed by atoms with van der Waals surface area (Å²) in [6.07, 6.45) is 3.35. The van der Waals surface area contributed by atoms with Crippen LogP contribution in [-0.4, -0.2) is 47.1 Å². The van der Waals surface area contributed by atoms with Gasteiger partial charge in [0, 0.05) is 30.5 Å². The lowest BCUT2D eigenvalue weighted by Gasteiger charge is -2.20. The summed E-state index contributed by atoms with van der Waals surface area (Å²) in [5.41, 5.74) is 3.12. The molecule has 0 radical (unpaired) electrons. The minimum absolute atomic E-state index is 0.105. The molecule has 4 N–H and O–H groups in total. The average Bonchev–Trinajstić information content (AvgIpc) is 3.49. The van der Waals surface area contributed by atoms with E-state index in [4.69, 9.17) is 11.6 Å². The van der Waals surface area contributed by atoms with E-state index in [1.165, 1.54) is 12.3 Å². The zero-order valence-electron chi connectivity index (χ0n) is 19.1. The van der Waals surface area contributed by atoms with Gasteiger partial charge in [-0.25, -0.2) is 0 Å². The molecule has 1 aliphatic rings. The SMILES string of the molecule is C=CC(=O)Nc1cccc(N2CC[C@H](NC(=O)c3[nH]ncc3NC(=O)c3c(C)cccc3Cl)C2)c1. The first kappa shape index (κ1) is 24.0. The van der Waals surface area contributed by atoms with E-state index in [1.54, 1.807) is 31.2 Å². The summed E-state index contributed by atoms with van der Waals surface area (Å²) in [5, 5.41) is 15.4. The van der Waals surface area contributed by atoms with Gasteiger partial charge in [-0.05, 0) is 49.2 Å². The summed E-state index contributed by atoms with van der Waals surface area (Å²) in [7, 11) is 0. The number of carbonyl (C=O) groups excluding carboxylic acids is 3. The number of hydrogen-bond donors (Lipinski definition) is 4. The van der Waals surface area contributed by atoms with Crippen molar-refractivity contribution >= 4 is 46.4 Å². The van der Waals surface area contributed by atoms with E-state index in [1.807, 2.05) is 18.2 Å². The molecule has 1 fully saturated rings. The Labute approximate surface area is 207 Å². The molecule has 9 nitrogen and oxygen atoms in total. The number of benzene rings is 2. The molecule has 1 atom stereocenters. The summed E-state index contributed by atoms with van der Waals surface area (Å²) in [4.78, 5) is 39.4. The van der Waals surface area contributed by atoms with Crippen molar-refractivity contribution < 1.29 is 14.4 Å². The van der Waals surface area contributed by atoms with E-state index < -0.39 is 5.91 Å². The predicted molar refractivity (Wildman–Crippen MR) is 136 cm³/mol. The highest BCUT2D eigenvalue weighted by Gasteiger charge is 2.27. The lowest BCUT2D eigenvalue weighted by molar-refractivity contribution is -0.111. The highest BCUT2D eigenvalue weighted by molar-refractivity contribution is 6.34. The molecular weight excluding hydrogens is 468 g/mol. The van der Waals surface area contributed by atoms with Crippen LogP contribution in [0.3, 0.4) is 0 Å². The van der Waals surface area contributed by atoms with E-state index in [2.05, 4.69) is 37.6 Å². The molecule has 1 aliphatic heterocycles. The van der Waals surface area contributed by atoms with Gasteiger partial charge in [-0.15, -0.1) is 0 Å². The molecule has 180 valence electrons. The summed E-state index contributed by atoms with van der Waals surface area (Å²) in [5.74, 6) is -1.06. The van der Waals surface area contributed by atoms with Gasteiger partial charge in [0.25, 0.3) is 11.8 Å². The standard InChI is InChI=1S/C25H25ClN6O3/c1-3-21(33)28-16-7-5-8-18(12-16)32-11-10-17(14-32)29-25(35)23-20(13-27-31-23)30-24(34)22-15(2)6-4-9-19(22)26/h3-9,12-13,17H,1,10-11,14H2,2H3,(H,27,31)(H,28,33)(H,29,35)(H,30,34)/t17-/m0/s1. The van der Waals surface area contributed by atoms with Crippen molar-refractivity contribution in [1.82, 2.24) is 15.5 Å². The summed E-state index contributed by atoms with van der Waals surface area (Å²) >= 11 is 6.19. The van der Waals surface area contributed by atoms with Crippen molar-refractivity contribution in [2.45, 2.75) is 19.4 Å². The van der Waals surface area contributed by atoms with E-state index in [0.717, 1.165) is 24.2 Å². The minimum atomic E-state index is -0.418.